The maximum absolute atomic E-state index is 13.5. The summed E-state index contributed by atoms with van der Waals surface area (Å²) < 4.78 is 13.5. The highest BCUT2D eigenvalue weighted by Crippen LogP contribution is 2.34. The number of amides is 5. The number of hydrogen-bond donors (Lipinski definition) is 1. The summed E-state index contributed by atoms with van der Waals surface area (Å²) in [6, 6.07) is 10.5. The van der Waals surface area contributed by atoms with Gasteiger partial charge in [0.15, 0.2) is 0 Å². The number of rotatable bonds is 5. The lowest BCUT2D eigenvalue weighted by Gasteiger charge is -2.36. The molecule has 3 heterocycles. The summed E-state index contributed by atoms with van der Waals surface area (Å²) in [6.07, 6.45) is 3.71. The van der Waals surface area contributed by atoms with Gasteiger partial charge in [0, 0.05) is 44.7 Å². The summed E-state index contributed by atoms with van der Waals surface area (Å²) >= 11 is 0. The van der Waals surface area contributed by atoms with Crippen LogP contribution in [0.3, 0.4) is 0 Å². The number of allylic oxidation sites excluding steroid dienone is 1. The number of halogens is 1. The predicted molar refractivity (Wildman–Crippen MR) is 147 cm³/mol. The molecule has 1 unspecified atom stereocenters. The Kier molecular flexibility index (Phi) is 7.25. The summed E-state index contributed by atoms with van der Waals surface area (Å²) in [4.78, 5) is 68.5. The maximum atomic E-state index is 13.5. The topological polar surface area (TPSA) is 107 Å². The Balaban J connectivity index is 1.10. The summed E-state index contributed by atoms with van der Waals surface area (Å²) in [5.41, 5.74) is 4.16. The minimum Gasteiger partial charge on any atom is -0.336 e. The highest BCUT2D eigenvalue weighted by atomic mass is 19.1. The summed E-state index contributed by atoms with van der Waals surface area (Å²) in [6.45, 7) is 3.03. The molecule has 1 aliphatic carbocycles. The highest BCUT2D eigenvalue weighted by molar-refractivity contribution is 6.23. The van der Waals surface area contributed by atoms with Crippen molar-refractivity contribution in [1.29, 1.82) is 0 Å². The molecule has 0 aromatic heterocycles. The zero-order valence-corrected chi connectivity index (χ0v) is 22.7. The number of benzene rings is 2. The lowest BCUT2D eigenvalue weighted by molar-refractivity contribution is -0.136. The van der Waals surface area contributed by atoms with E-state index in [1.807, 2.05) is 11.0 Å². The Morgan fingerprint density at radius 2 is 1.56 bits per heavy atom. The second-order valence-electron chi connectivity index (χ2n) is 11.1. The molecule has 1 atom stereocenters. The van der Waals surface area contributed by atoms with Crippen LogP contribution in [0.4, 0.5) is 4.39 Å². The van der Waals surface area contributed by atoms with Gasteiger partial charge in [0.2, 0.25) is 17.7 Å². The van der Waals surface area contributed by atoms with Gasteiger partial charge in [0.1, 0.15) is 11.9 Å². The minimum absolute atomic E-state index is 0.0545. The van der Waals surface area contributed by atoms with Gasteiger partial charge in [-0.15, -0.1) is 0 Å². The second-order valence-corrected chi connectivity index (χ2v) is 11.1. The number of piperazine rings is 1. The normalized spacial score (nSPS) is 21.8. The molecule has 3 aliphatic heterocycles. The van der Waals surface area contributed by atoms with Gasteiger partial charge >= 0.3 is 0 Å². The van der Waals surface area contributed by atoms with Gasteiger partial charge in [-0.2, -0.15) is 0 Å². The van der Waals surface area contributed by atoms with Crippen molar-refractivity contribution in [3.8, 4) is 0 Å². The number of carbonyl (C=O) groups excluding carboxylic acids is 5. The number of nitrogens with one attached hydrogen (secondary N) is 1. The van der Waals surface area contributed by atoms with E-state index in [1.165, 1.54) is 12.1 Å². The van der Waals surface area contributed by atoms with Crippen LogP contribution < -0.4 is 5.32 Å². The van der Waals surface area contributed by atoms with E-state index in [2.05, 4.69) is 10.2 Å². The zero-order chi connectivity index (χ0) is 28.7. The van der Waals surface area contributed by atoms with Crippen molar-refractivity contribution in [2.75, 3.05) is 26.2 Å². The van der Waals surface area contributed by atoms with Gasteiger partial charge in [-0.3, -0.25) is 39.1 Å². The molecular formula is C31H31FN4O5. The van der Waals surface area contributed by atoms with E-state index in [-0.39, 0.29) is 35.7 Å². The van der Waals surface area contributed by atoms with Crippen LogP contribution in [-0.4, -0.2) is 76.5 Å². The minimum atomic E-state index is -0.989. The van der Waals surface area contributed by atoms with Gasteiger partial charge < -0.3 is 4.90 Å². The molecule has 5 amide bonds. The maximum Gasteiger partial charge on any atom is 0.262 e. The fourth-order valence-electron chi connectivity index (χ4n) is 6.29. The molecule has 2 aromatic carbocycles. The van der Waals surface area contributed by atoms with Gasteiger partial charge in [-0.25, -0.2) is 4.39 Å². The number of imide groups is 2. The molecule has 1 N–H and O–H groups in total. The first-order valence-electron chi connectivity index (χ1n) is 14.1. The van der Waals surface area contributed by atoms with Gasteiger partial charge in [-0.05, 0) is 73.1 Å². The first-order chi connectivity index (χ1) is 19.8. The third-order valence-electron chi connectivity index (χ3n) is 8.49. The Morgan fingerprint density at radius 3 is 2.29 bits per heavy atom. The van der Waals surface area contributed by atoms with Gasteiger partial charge in [0.05, 0.1) is 11.1 Å². The Morgan fingerprint density at radius 1 is 0.854 bits per heavy atom. The molecular weight excluding hydrogens is 527 g/mol. The monoisotopic (exact) mass is 558 g/mol. The van der Waals surface area contributed by atoms with Crippen LogP contribution in [0, 0.1) is 5.82 Å². The van der Waals surface area contributed by atoms with E-state index < -0.39 is 29.7 Å². The van der Waals surface area contributed by atoms with Crippen LogP contribution in [-0.2, 0) is 20.9 Å². The molecule has 4 aliphatic rings. The van der Waals surface area contributed by atoms with Crippen LogP contribution in [0.25, 0.3) is 5.57 Å². The van der Waals surface area contributed by atoms with Crippen LogP contribution in [0.1, 0.15) is 70.4 Å². The standard InChI is InChI=1S/C31H31FN4O5/c32-21-8-6-20(7-9-21)22-3-1-2-4-23(22)29(39)35-15-13-34(14-16-35)18-19-5-10-24-25(17-19)31(41)36(30(24)40)26-11-12-27(37)33-28(26)38/h5-10,17,26H,1-4,11-16,18H2,(H,33,37,38). The molecule has 41 heavy (non-hydrogen) atoms. The van der Waals surface area contributed by atoms with E-state index in [9.17, 15) is 28.4 Å². The SMILES string of the molecule is O=C1CCC(N2C(=O)c3ccc(CN4CCN(C(=O)C5=C(c6ccc(F)cc6)CCCC5)CC4)cc3C2=O)C(=O)N1. The lowest BCUT2D eigenvalue weighted by atomic mass is 9.86. The van der Waals surface area contributed by atoms with Crippen molar-refractivity contribution < 1.29 is 28.4 Å². The fraction of sp³-hybridized carbons (Fsp3) is 0.387. The number of piperidine rings is 1. The molecule has 2 saturated heterocycles. The largest absolute Gasteiger partial charge is 0.336 e. The van der Waals surface area contributed by atoms with Crippen LogP contribution in [0.2, 0.25) is 0 Å². The van der Waals surface area contributed by atoms with E-state index >= 15 is 0 Å². The molecule has 2 fully saturated rings. The van der Waals surface area contributed by atoms with Crippen LogP contribution in [0.5, 0.6) is 0 Å². The molecule has 0 spiro atoms. The predicted octanol–water partition coefficient (Wildman–Crippen LogP) is 2.90. The second kappa shape index (κ2) is 11.0. The van der Waals surface area contributed by atoms with E-state index in [1.54, 1.807) is 24.3 Å². The van der Waals surface area contributed by atoms with E-state index in [0.717, 1.165) is 52.9 Å². The van der Waals surface area contributed by atoms with E-state index in [0.29, 0.717) is 32.7 Å². The number of hydrogen-bond acceptors (Lipinski definition) is 6. The third kappa shape index (κ3) is 5.19. The first kappa shape index (κ1) is 27.0. The Labute approximate surface area is 237 Å². The summed E-state index contributed by atoms with van der Waals surface area (Å²) in [5, 5.41) is 2.21. The van der Waals surface area contributed by atoms with Crippen LogP contribution >= 0.6 is 0 Å². The van der Waals surface area contributed by atoms with Crippen molar-refractivity contribution in [3.63, 3.8) is 0 Å². The van der Waals surface area contributed by atoms with Crippen LogP contribution in [0.15, 0.2) is 48.0 Å². The quantitative estimate of drug-likeness (QED) is 0.566. The highest BCUT2D eigenvalue weighted by Gasteiger charge is 2.44. The smallest absolute Gasteiger partial charge is 0.262 e. The first-order valence-corrected chi connectivity index (χ1v) is 14.1. The Hall–Kier alpha value is -4.18. The zero-order valence-electron chi connectivity index (χ0n) is 22.7. The molecule has 0 radical (unpaired) electrons. The summed E-state index contributed by atoms with van der Waals surface area (Å²) in [7, 11) is 0. The molecule has 10 heteroatoms. The fourth-order valence-corrected chi connectivity index (χ4v) is 6.29. The average Bonchev–Trinajstić information content (AvgIpc) is 3.22. The average molecular weight is 559 g/mol. The Bertz CT molecular complexity index is 1480. The van der Waals surface area contributed by atoms with Crippen molar-refractivity contribution in [2.45, 2.75) is 51.1 Å². The number of carbonyl (C=O) groups is 5. The van der Waals surface area contributed by atoms with Gasteiger partial charge in [-0.1, -0.05) is 18.2 Å². The van der Waals surface area contributed by atoms with Crippen molar-refractivity contribution in [1.82, 2.24) is 20.0 Å². The van der Waals surface area contributed by atoms with Gasteiger partial charge in [0.25, 0.3) is 11.8 Å². The number of nitrogens with zero attached hydrogens (tertiary/aromatic N) is 3. The molecule has 212 valence electrons. The third-order valence-corrected chi connectivity index (χ3v) is 8.49. The molecule has 6 rings (SSSR count). The summed E-state index contributed by atoms with van der Waals surface area (Å²) in [5.74, 6) is -2.31. The molecule has 0 bridgehead atoms. The molecule has 0 saturated carbocycles. The molecule has 9 nitrogen and oxygen atoms in total. The number of fused-ring (bicyclic) bond motifs is 1. The van der Waals surface area contributed by atoms with Crippen molar-refractivity contribution in [3.05, 3.63) is 76.1 Å². The van der Waals surface area contributed by atoms with Crippen molar-refractivity contribution in [2.24, 2.45) is 0 Å². The lowest BCUT2D eigenvalue weighted by Crippen LogP contribution is -2.54. The van der Waals surface area contributed by atoms with Crippen molar-refractivity contribution >= 4 is 35.1 Å². The molecule has 2 aromatic rings. The van der Waals surface area contributed by atoms with E-state index in [4.69, 9.17) is 0 Å².